The lowest BCUT2D eigenvalue weighted by Gasteiger charge is -2.36. The summed E-state index contributed by atoms with van der Waals surface area (Å²) in [7, 11) is 0. The predicted molar refractivity (Wildman–Crippen MR) is 84.7 cm³/mol. The SMILES string of the molecule is C[C@@H]1CC[C@@H](C(N)=O)CN1C(=O)/C=C/c1ccc2c(c1)OCO2. The maximum Gasteiger partial charge on any atom is 0.246 e. The van der Waals surface area contributed by atoms with E-state index in [-0.39, 0.29) is 30.6 Å². The van der Waals surface area contributed by atoms with Crippen LogP contribution in [0.3, 0.4) is 0 Å². The Hall–Kier alpha value is -2.50. The van der Waals surface area contributed by atoms with E-state index in [2.05, 4.69) is 0 Å². The van der Waals surface area contributed by atoms with Crippen LogP contribution in [0.25, 0.3) is 6.08 Å². The van der Waals surface area contributed by atoms with Crippen molar-refractivity contribution in [3.8, 4) is 11.5 Å². The topological polar surface area (TPSA) is 81.9 Å². The van der Waals surface area contributed by atoms with Crippen molar-refractivity contribution in [1.82, 2.24) is 4.90 Å². The zero-order chi connectivity index (χ0) is 16.4. The van der Waals surface area contributed by atoms with Gasteiger partial charge >= 0.3 is 0 Å². The number of hydrogen-bond donors (Lipinski definition) is 1. The van der Waals surface area contributed by atoms with Gasteiger partial charge in [0.25, 0.3) is 0 Å². The monoisotopic (exact) mass is 316 g/mol. The summed E-state index contributed by atoms with van der Waals surface area (Å²) in [5.74, 6) is 0.687. The molecule has 0 aromatic heterocycles. The third-order valence-electron chi connectivity index (χ3n) is 4.38. The number of hydrogen-bond acceptors (Lipinski definition) is 4. The van der Waals surface area contributed by atoms with Gasteiger partial charge in [-0.05, 0) is 43.5 Å². The lowest BCUT2D eigenvalue weighted by atomic mass is 9.93. The first-order valence-corrected chi connectivity index (χ1v) is 7.72. The van der Waals surface area contributed by atoms with Gasteiger partial charge in [0.2, 0.25) is 18.6 Å². The van der Waals surface area contributed by atoms with E-state index in [1.807, 2.05) is 25.1 Å². The Bertz CT molecular complexity index is 656. The average molecular weight is 316 g/mol. The van der Waals surface area contributed by atoms with Crippen LogP contribution in [-0.2, 0) is 9.59 Å². The molecule has 1 aromatic carbocycles. The summed E-state index contributed by atoms with van der Waals surface area (Å²) < 4.78 is 10.6. The number of nitrogens with two attached hydrogens (primary N) is 1. The van der Waals surface area contributed by atoms with Crippen molar-refractivity contribution in [1.29, 1.82) is 0 Å². The van der Waals surface area contributed by atoms with Crippen LogP contribution in [0.1, 0.15) is 25.3 Å². The molecule has 2 amide bonds. The number of likely N-dealkylation sites (tertiary alicyclic amines) is 1. The minimum absolute atomic E-state index is 0.110. The van der Waals surface area contributed by atoms with E-state index in [9.17, 15) is 9.59 Å². The summed E-state index contributed by atoms with van der Waals surface area (Å²) in [5.41, 5.74) is 6.23. The molecule has 1 saturated heterocycles. The molecular formula is C17H20N2O4. The largest absolute Gasteiger partial charge is 0.454 e. The summed E-state index contributed by atoms with van der Waals surface area (Å²) >= 11 is 0. The summed E-state index contributed by atoms with van der Waals surface area (Å²) in [6.45, 7) is 2.60. The number of amides is 2. The Balaban J connectivity index is 1.69. The van der Waals surface area contributed by atoms with E-state index < -0.39 is 0 Å². The molecule has 0 radical (unpaired) electrons. The molecule has 0 unspecified atom stereocenters. The third kappa shape index (κ3) is 3.31. The molecule has 6 heteroatoms. The van der Waals surface area contributed by atoms with Crippen molar-refractivity contribution in [2.45, 2.75) is 25.8 Å². The highest BCUT2D eigenvalue weighted by Gasteiger charge is 2.30. The molecule has 0 aliphatic carbocycles. The third-order valence-corrected chi connectivity index (χ3v) is 4.38. The van der Waals surface area contributed by atoms with Gasteiger partial charge in [0, 0.05) is 18.7 Å². The summed E-state index contributed by atoms with van der Waals surface area (Å²) in [6, 6.07) is 5.62. The van der Waals surface area contributed by atoms with E-state index in [0.29, 0.717) is 18.0 Å². The van der Waals surface area contributed by atoms with Gasteiger partial charge in [-0.25, -0.2) is 0 Å². The van der Waals surface area contributed by atoms with Gasteiger partial charge in [0.15, 0.2) is 11.5 Å². The number of primary amides is 1. The Kier molecular flexibility index (Phi) is 4.23. The van der Waals surface area contributed by atoms with Gasteiger partial charge < -0.3 is 20.1 Å². The predicted octanol–water partition coefficient (Wildman–Crippen LogP) is 1.54. The Labute approximate surface area is 134 Å². The van der Waals surface area contributed by atoms with Crippen molar-refractivity contribution < 1.29 is 19.1 Å². The Morgan fingerprint density at radius 3 is 2.83 bits per heavy atom. The van der Waals surface area contributed by atoms with Gasteiger partial charge in [-0.3, -0.25) is 9.59 Å². The first kappa shape index (κ1) is 15.4. The Morgan fingerprint density at radius 2 is 2.04 bits per heavy atom. The van der Waals surface area contributed by atoms with Gasteiger partial charge in [-0.2, -0.15) is 0 Å². The maximum atomic E-state index is 12.4. The molecule has 122 valence electrons. The molecule has 2 aliphatic rings. The van der Waals surface area contributed by atoms with Crippen LogP contribution in [0.4, 0.5) is 0 Å². The molecule has 2 atom stereocenters. The van der Waals surface area contributed by atoms with Gasteiger partial charge in [-0.1, -0.05) is 6.07 Å². The standard InChI is InChI=1S/C17H20N2O4/c1-11-2-5-13(17(18)21)9-19(11)16(20)7-4-12-3-6-14-15(8-12)23-10-22-14/h3-4,6-8,11,13H,2,5,9-10H2,1H3,(H2,18,21)/b7-4+/t11-,13-/m1/s1. The second-order valence-electron chi connectivity index (χ2n) is 5.96. The van der Waals surface area contributed by atoms with Gasteiger partial charge in [-0.15, -0.1) is 0 Å². The van der Waals surface area contributed by atoms with Crippen LogP contribution >= 0.6 is 0 Å². The normalized spacial score (nSPS) is 23.3. The van der Waals surface area contributed by atoms with E-state index in [0.717, 1.165) is 18.4 Å². The number of carbonyl (C=O) groups excluding carboxylic acids is 2. The fraction of sp³-hybridized carbons (Fsp3) is 0.412. The number of nitrogens with zero attached hydrogens (tertiary/aromatic N) is 1. The fourth-order valence-corrected chi connectivity index (χ4v) is 2.93. The lowest BCUT2D eigenvalue weighted by molar-refractivity contribution is -0.133. The zero-order valence-corrected chi connectivity index (χ0v) is 13.0. The van der Waals surface area contributed by atoms with E-state index in [1.165, 1.54) is 6.08 Å². The molecule has 6 nitrogen and oxygen atoms in total. The Morgan fingerprint density at radius 1 is 1.26 bits per heavy atom. The average Bonchev–Trinajstić information content (AvgIpc) is 3.00. The summed E-state index contributed by atoms with van der Waals surface area (Å²) in [5, 5.41) is 0. The number of ether oxygens (including phenoxy) is 2. The molecule has 23 heavy (non-hydrogen) atoms. The molecular weight excluding hydrogens is 296 g/mol. The molecule has 0 bridgehead atoms. The van der Waals surface area contributed by atoms with Crippen LogP contribution in [0.5, 0.6) is 11.5 Å². The lowest BCUT2D eigenvalue weighted by Crippen LogP contribution is -2.48. The second kappa shape index (κ2) is 6.32. The molecule has 0 saturated carbocycles. The first-order chi connectivity index (χ1) is 11.0. The minimum atomic E-state index is -0.338. The summed E-state index contributed by atoms with van der Waals surface area (Å²) in [4.78, 5) is 25.5. The van der Waals surface area contributed by atoms with Crippen LogP contribution in [-0.4, -0.2) is 36.1 Å². The highest BCUT2D eigenvalue weighted by Crippen LogP contribution is 2.32. The van der Waals surface area contributed by atoms with Crippen LogP contribution in [0.2, 0.25) is 0 Å². The number of carbonyl (C=O) groups is 2. The molecule has 0 spiro atoms. The van der Waals surface area contributed by atoms with Gasteiger partial charge in [0.1, 0.15) is 0 Å². The first-order valence-electron chi connectivity index (χ1n) is 7.72. The van der Waals surface area contributed by atoms with Crippen molar-refractivity contribution >= 4 is 17.9 Å². The fourth-order valence-electron chi connectivity index (χ4n) is 2.93. The number of rotatable bonds is 3. The van der Waals surface area contributed by atoms with Crippen LogP contribution < -0.4 is 15.2 Å². The molecule has 3 rings (SSSR count). The zero-order valence-electron chi connectivity index (χ0n) is 13.0. The smallest absolute Gasteiger partial charge is 0.246 e. The van der Waals surface area contributed by atoms with Crippen molar-refractivity contribution in [2.75, 3.05) is 13.3 Å². The minimum Gasteiger partial charge on any atom is -0.454 e. The molecule has 1 aromatic rings. The summed E-state index contributed by atoms with van der Waals surface area (Å²) in [6.07, 6.45) is 4.80. The molecule has 2 aliphatic heterocycles. The second-order valence-corrected chi connectivity index (χ2v) is 5.96. The van der Waals surface area contributed by atoms with Crippen molar-refractivity contribution in [2.24, 2.45) is 11.7 Å². The van der Waals surface area contributed by atoms with E-state index in [4.69, 9.17) is 15.2 Å². The molecule has 2 heterocycles. The van der Waals surface area contributed by atoms with E-state index >= 15 is 0 Å². The maximum absolute atomic E-state index is 12.4. The number of fused-ring (bicyclic) bond motifs is 1. The quantitative estimate of drug-likeness (QED) is 0.858. The number of benzene rings is 1. The highest BCUT2D eigenvalue weighted by atomic mass is 16.7. The van der Waals surface area contributed by atoms with Crippen molar-refractivity contribution in [3.63, 3.8) is 0 Å². The molecule has 2 N–H and O–H groups in total. The van der Waals surface area contributed by atoms with Crippen molar-refractivity contribution in [3.05, 3.63) is 29.8 Å². The highest BCUT2D eigenvalue weighted by molar-refractivity contribution is 5.92. The van der Waals surface area contributed by atoms with Gasteiger partial charge in [0.05, 0.1) is 5.92 Å². The van der Waals surface area contributed by atoms with E-state index in [1.54, 1.807) is 11.0 Å². The number of piperidine rings is 1. The molecule has 1 fully saturated rings. The van der Waals surface area contributed by atoms with Crippen LogP contribution in [0.15, 0.2) is 24.3 Å². The van der Waals surface area contributed by atoms with Crippen LogP contribution in [0, 0.1) is 5.92 Å².